The van der Waals surface area contributed by atoms with Gasteiger partial charge in [0.1, 0.15) is 12.4 Å². The minimum atomic E-state index is -5.00. The number of nitrogens with zero attached hydrogens (tertiary/aromatic N) is 1. The topological polar surface area (TPSA) is 67.0 Å². The quantitative estimate of drug-likeness (QED) is 0.276. The Balaban J connectivity index is 1.54. The molecule has 2 N–H and O–H groups in total. The molecule has 188 valence electrons. The Morgan fingerprint density at radius 2 is 1.67 bits per heavy atom. The van der Waals surface area contributed by atoms with Gasteiger partial charge in [-0.2, -0.15) is 31.4 Å². The number of carbonyl (C=O) groups is 1. The van der Waals surface area contributed by atoms with Crippen LogP contribution in [0.1, 0.15) is 39.5 Å². The number of aromatic nitrogens is 2. The number of aryl methyl sites for hydroxylation is 1. The van der Waals surface area contributed by atoms with Gasteiger partial charge in [0.15, 0.2) is 5.82 Å². The number of hydrogen-bond acceptors (Lipinski definition) is 3. The van der Waals surface area contributed by atoms with E-state index < -0.39 is 41.6 Å². The van der Waals surface area contributed by atoms with Gasteiger partial charge in [0.25, 0.3) is 5.91 Å². The maximum atomic E-state index is 13.4. The average Bonchev–Trinajstić information content (AvgIpc) is 3.23. The van der Waals surface area contributed by atoms with Crippen LogP contribution in [-0.4, -0.2) is 16.1 Å². The Hall–Kier alpha value is -4.02. The molecule has 5 nitrogen and oxygen atoms in total. The molecule has 0 aliphatic carbocycles. The minimum Gasteiger partial charge on any atom is -0.489 e. The van der Waals surface area contributed by atoms with Crippen LogP contribution in [0, 0.1) is 0 Å². The molecule has 11 heteroatoms. The molecule has 0 radical (unpaired) electrons. The van der Waals surface area contributed by atoms with E-state index in [1.807, 2.05) is 19.1 Å². The van der Waals surface area contributed by atoms with Crippen molar-refractivity contribution in [2.75, 3.05) is 5.32 Å². The maximum absolute atomic E-state index is 13.4. The fourth-order valence-corrected chi connectivity index (χ4v) is 3.55. The molecule has 0 unspecified atom stereocenters. The SMILES string of the molecule is CCc1ccc(C(=O)Nc2n[nH]c3ccc(OCc4ccc(C(F)(F)F)cc4C(F)(F)F)cc23)cc1. The van der Waals surface area contributed by atoms with Crippen LogP contribution in [-0.2, 0) is 25.4 Å². The standard InChI is InChI=1S/C25H19F6N3O2/c1-2-14-3-5-15(6-4-14)23(35)32-22-19-12-18(9-10-21(19)33-34-22)36-13-16-7-8-17(24(26,27)28)11-20(16)25(29,30)31/h3-12H,2,13H2,1H3,(H2,32,33,34,35). The van der Waals surface area contributed by atoms with Crippen LogP contribution >= 0.6 is 0 Å². The van der Waals surface area contributed by atoms with Crippen molar-refractivity contribution in [2.45, 2.75) is 32.3 Å². The third-order valence-electron chi connectivity index (χ3n) is 5.53. The van der Waals surface area contributed by atoms with Crippen LogP contribution in [0.3, 0.4) is 0 Å². The number of anilines is 1. The van der Waals surface area contributed by atoms with Gasteiger partial charge in [0.2, 0.25) is 0 Å². The zero-order valence-corrected chi connectivity index (χ0v) is 18.7. The van der Waals surface area contributed by atoms with E-state index in [1.54, 1.807) is 18.2 Å². The first-order valence-corrected chi connectivity index (χ1v) is 10.7. The highest BCUT2D eigenvalue weighted by Gasteiger charge is 2.38. The summed E-state index contributed by atoms with van der Waals surface area (Å²) in [4.78, 5) is 12.6. The highest BCUT2D eigenvalue weighted by atomic mass is 19.4. The minimum absolute atomic E-state index is 0.0681. The van der Waals surface area contributed by atoms with Gasteiger partial charge < -0.3 is 10.1 Å². The number of hydrogen-bond donors (Lipinski definition) is 2. The van der Waals surface area contributed by atoms with E-state index in [9.17, 15) is 31.1 Å². The van der Waals surface area contributed by atoms with Gasteiger partial charge in [-0.3, -0.25) is 9.89 Å². The summed E-state index contributed by atoms with van der Waals surface area (Å²) >= 11 is 0. The maximum Gasteiger partial charge on any atom is 0.416 e. The van der Waals surface area contributed by atoms with E-state index in [1.165, 1.54) is 12.1 Å². The summed E-state index contributed by atoms with van der Waals surface area (Å²) in [7, 11) is 0. The molecule has 0 atom stereocenters. The Morgan fingerprint density at radius 1 is 0.944 bits per heavy atom. The lowest BCUT2D eigenvalue weighted by atomic mass is 10.0. The zero-order valence-electron chi connectivity index (χ0n) is 18.7. The monoisotopic (exact) mass is 507 g/mol. The molecule has 4 rings (SSSR count). The van der Waals surface area contributed by atoms with E-state index in [2.05, 4.69) is 15.5 Å². The van der Waals surface area contributed by atoms with Crippen LogP contribution in [0.5, 0.6) is 5.75 Å². The fraction of sp³-hybridized carbons (Fsp3) is 0.200. The summed E-state index contributed by atoms with van der Waals surface area (Å²) < 4.78 is 84.3. The second kappa shape index (κ2) is 9.56. The first kappa shape index (κ1) is 25.1. The summed E-state index contributed by atoms with van der Waals surface area (Å²) in [5.74, 6) is -0.0813. The van der Waals surface area contributed by atoms with Gasteiger partial charge in [0.05, 0.1) is 16.6 Å². The van der Waals surface area contributed by atoms with Gasteiger partial charge in [-0.25, -0.2) is 0 Å². The van der Waals surface area contributed by atoms with Crippen molar-refractivity contribution in [1.82, 2.24) is 10.2 Å². The average molecular weight is 507 g/mol. The van der Waals surface area contributed by atoms with Crippen molar-refractivity contribution in [3.63, 3.8) is 0 Å². The van der Waals surface area contributed by atoms with E-state index in [0.717, 1.165) is 18.1 Å². The molecular weight excluding hydrogens is 488 g/mol. The summed E-state index contributed by atoms with van der Waals surface area (Å²) in [6.45, 7) is 1.37. The predicted molar refractivity (Wildman–Crippen MR) is 121 cm³/mol. The molecule has 3 aromatic carbocycles. The Bertz CT molecular complexity index is 1390. The van der Waals surface area contributed by atoms with Gasteiger partial charge >= 0.3 is 12.4 Å². The van der Waals surface area contributed by atoms with Gasteiger partial charge in [0, 0.05) is 16.5 Å². The predicted octanol–water partition coefficient (Wildman–Crippen LogP) is 6.99. The summed E-state index contributed by atoms with van der Waals surface area (Å²) in [5.41, 5.74) is -1.26. The molecule has 1 heterocycles. The van der Waals surface area contributed by atoms with Crippen molar-refractivity contribution in [3.8, 4) is 5.75 Å². The first-order chi connectivity index (χ1) is 17.0. The molecule has 1 amide bonds. The number of halogens is 6. The molecule has 0 saturated heterocycles. The van der Waals surface area contributed by atoms with Crippen molar-refractivity contribution in [2.24, 2.45) is 0 Å². The van der Waals surface area contributed by atoms with Crippen LogP contribution < -0.4 is 10.1 Å². The second-order valence-corrected chi connectivity index (χ2v) is 7.94. The number of nitrogens with one attached hydrogen (secondary N) is 2. The van der Waals surface area contributed by atoms with Gasteiger partial charge in [-0.1, -0.05) is 25.1 Å². The second-order valence-electron chi connectivity index (χ2n) is 7.94. The lowest BCUT2D eigenvalue weighted by Gasteiger charge is -2.16. The molecule has 36 heavy (non-hydrogen) atoms. The Morgan fingerprint density at radius 3 is 2.31 bits per heavy atom. The number of benzene rings is 3. The Labute approximate surface area is 201 Å². The normalized spacial score (nSPS) is 12.1. The van der Waals surface area contributed by atoms with Crippen LogP contribution in [0.2, 0.25) is 0 Å². The van der Waals surface area contributed by atoms with Crippen molar-refractivity contribution >= 4 is 22.6 Å². The number of rotatable bonds is 6. The van der Waals surface area contributed by atoms with E-state index in [4.69, 9.17) is 4.74 Å². The van der Waals surface area contributed by atoms with Crippen LogP contribution in [0.25, 0.3) is 10.9 Å². The number of fused-ring (bicyclic) bond motifs is 1. The molecule has 1 aromatic heterocycles. The molecular formula is C25H19F6N3O2. The summed E-state index contributed by atoms with van der Waals surface area (Å²) in [6.07, 6.45) is -9.09. The number of aromatic amines is 1. The molecule has 4 aromatic rings. The van der Waals surface area contributed by atoms with E-state index in [-0.39, 0.29) is 17.6 Å². The highest BCUT2D eigenvalue weighted by molar-refractivity contribution is 6.08. The van der Waals surface area contributed by atoms with Crippen LogP contribution in [0.4, 0.5) is 32.2 Å². The summed E-state index contributed by atoms with van der Waals surface area (Å²) in [5, 5.41) is 9.92. The van der Waals surface area contributed by atoms with Crippen molar-refractivity contribution in [1.29, 1.82) is 0 Å². The third-order valence-corrected chi connectivity index (χ3v) is 5.53. The number of ether oxygens (including phenoxy) is 1. The molecule has 0 fully saturated rings. The lowest BCUT2D eigenvalue weighted by Crippen LogP contribution is -2.14. The molecule has 0 bridgehead atoms. The highest BCUT2D eigenvalue weighted by Crippen LogP contribution is 2.38. The molecule has 0 aliphatic rings. The van der Waals surface area contributed by atoms with Crippen LogP contribution in [0.15, 0.2) is 60.7 Å². The number of H-pyrrole nitrogens is 1. The zero-order chi connectivity index (χ0) is 26.1. The van der Waals surface area contributed by atoms with E-state index >= 15 is 0 Å². The molecule has 0 saturated carbocycles. The molecule has 0 aliphatic heterocycles. The Kier molecular flexibility index (Phi) is 6.66. The fourth-order valence-electron chi connectivity index (χ4n) is 3.55. The number of carbonyl (C=O) groups excluding carboxylic acids is 1. The lowest BCUT2D eigenvalue weighted by molar-refractivity contribution is -0.143. The number of amides is 1. The summed E-state index contributed by atoms with van der Waals surface area (Å²) in [6, 6.07) is 12.9. The number of alkyl halides is 6. The van der Waals surface area contributed by atoms with Gasteiger partial charge in [-0.15, -0.1) is 0 Å². The van der Waals surface area contributed by atoms with Crippen molar-refractivity contribution in [3.05, 3.63) is 88.5 Å². The first-order valence-electron chi connectivity index (χ1n) is 10.7. The van der Waals surface area contributed by atoms with Gasteiger partial charge in [-0.05, 0) is 54.4 Å². The smallest absolute Gasteiger partial charge is 0.416 e. The van der Waals surface area contributed by atoms with Crippen molar-refractivity contribution < 1.29 is 35.9 Å². The third kappa shape index (κ3) is 5.45. The molecule has 0 spiro atoms. The largest absolute Gasteiger partial charge is 0.489 e. The van der Waals surface area contributed by atoms with E-state index in [0.29, 0.717) is 22.5 Å².